The number of alkyl halides is 3. The molecule has 42 heavy (non-hydrogen) atoms. The second kappa shape index (κ2) is 14.6. The van der Waals surface area contributed by atoms with Gasteiger partial charge in [0.1, 0.15) is 12.6 Å². The molecule has 0 aliphatic carbocycles. The van der Waals surface area contributed by atoms with Gasteiger partial charge in [0.2, 0.25) is 28.2 Å². The Morgan fingerprint density at radius 2 is 1.81 bits per heavy atom. The number of hydrogen-bond acceptors (Lipinski definition) is 6. The van der Waals surface area contributed by atoms with E-state index in [0.717, 1.165) is 33.5 Å². The van der Waals surface area contributed by atoms with E-state index in [4.69, 9.17) is 4.84 Å². The topological polar surface area (TPSA) is 116 Å². The SMILES string of the molecule is CCCC[C@H](CN(C=O)OCc1ccccc1)C(=O)N[C@H]1CN(S(=O)(=O)c2ccc(C(F)(F)F)cc2)CCN(C)C1=O. The molecule has 0 radical (unpaired) electrons. The molecular weight excluding hydrogens is 577 g/mol. The number of sulfonamides is 1. The van der Waals surface area contributed by atoms with Gasteiger partial charge in [0.15, 0.2) is 0 Å². The number of likely N-dealkylation sites (N-methyl/N-ethyl adjacent to an activating group) is 1. The van der Waals surface area contributed by atoms with Gasteiger partial charge in [0.05, 0.1) is 22.9 Å². The van der Waals surface area contributed by atoms with E-state index in [-0.39, 0.29) is 31.1 Å². The van der Waals surface area contributed by atoms with E-state index >= 15 is 0 Å². The molecule has 0 unspecified atom stereocenters. The van der Waals surface area contributed by atoms with Crippen LogP contribution in [0.15, 0.2) is 59.5 Å². The second-order valence-corrected chi connectivity index (χ2v) is 11.9. The Morgan fingerprint density at radius 1 is 1.14 bits per heavy atom. The lowest BCUT2D eigenvalue weighted by molar-refractivity contribution is -0.182. The molecule has 2 aromatic carbocycles. The van der Waals surface area contributed by atoms with E-state index < -0.39 is 52.1 Å². The zero-order valence-corrected chi connectivity index (χ0v) is 24.2. The first-order chi connectivity index (χ1) is 19.9. The molecule has 1 fully saturated rings. The molecule has 0 spiro atoms. The Balaban J connectivity index is 1.75. The van der Waals surface area contributed by atoms with Crippen LogP contribution in [-0.2, 0) is 42.0 Å². The maximum atomic E-state index is 13.4. The number of benzene rings is 2. The molecule has 1 saturated heterocycles. The summed E-state index contributed by atoms with van der Waals surface area (Å²) in [4.78, 5) is 44.7. The fraction of sp³-hybridized carbons (Fsp3) is 0.464. The Hall–Kier alpha value is -3.49. The zero-order chi connectivity index (χ0) is 30.9. The number of hydroxylamine groups is 2. The van der Waals surface area contributed by atoms with Crippen LogP contribution in [0, 0.1) is 5.92 Å². The van der Waals surface area contributed by atoms with Crippen molar-refractivity contribution in [3.05, 3.63) is 65.7 Å². The van der Waals surface area contributed by atoms with Gasteiger partial charge < -0.3 is 10.2 Å². The van der Waals surface area contributed by atoms with Crippen LogP contribution in [0.3, 0.4) is 0 Å². The molecule has 3 rings (SSSR count). The molecule has 3 amide bonds. The molecule has 10 nitrogen and oxygen atoms in total. The Kier molecular flexibility index (Phi) is 11.5. The van der Waals surface area contributed by atoms with Crippen LogP contribution >= 0.6 is 0 Å². The lowest BCUT2D eigenvalue weighted by atomic mass is 10.0. The number of carbonyl (C=O) groups excluding carboxylic acids is 3. The van der Waals surface area contributed by atoms with E-state index in [1.807, 2.05) is 37.3 Å². The maximum Gasteiger partial charge on any atom is 0.416 e. The summed E-state index contributed by atoms with van der Waals surface area (Å²) in [6.45, 7) is 1.42. The summed E-state index contributed by atoms with van der Waals surface area (Å²) < 4.78 is 66.6. The maximum absolute atomic E-state index is 13.4. The number of carbonyl (C=O) groups is 3. The average molecular weight is 613 g/mol. The predicted molar refractivity (Wildman–Crippen MR) is 147 cm³/mol. The monoisotopic (exact) mass is 612 g/mol. The van der Waals surface area contributed by atoms with Gasteiger partial charge in [-0.2, -0.15) is 17.5 Å². The van der Waals surface area contributed by atoms with Crippen molar-refractivity contribution in [3.63, 3.8) is 0 Å². The third kappa shape index (κ3) is 8.76. The lowest BCUT2D eigenvalue weighted by Gasteiger charge is -2.27. The number of hydrogen-bond donors (Lipinski definition) is 1. The molecule has 0 bridgehead atoms. The van der Waals surface area contributed by atoms with Crippen LogP contribution in [0.2, 0.25) is 0 Å². The number of amides is 3. The lowest BCUT2D eigenvalue weighted by Crippen LogP contribution is -2.53. The van der Waals surface area contributed by atoms with Gasteiger partial charge in [-0.1, -0.05) is 50.1 Å². The molecule has 2 atom stereocenters. The van der Waals surface area contributed by atoms with E-state index in [9.17, 15) is 36.0 Å². The van der Waals surface area contributed by atoms with E-state index in [2.05, 4.69) is 5.32 Å². The number of halogens is 3. The summed E-state index contributed by atoms with van der Waals surface area (Å²) in [5, 5.41) is 3.67. The van der Waals surface area contributed by atoms with Gasteiger partial charge in [-0.3, -0.25) is 19.2 Å². The Morgan fingerprint density at radius 3 is 2.40 bits per heavy atom. The smallest absolute Gasteiger partial charge is 0.343 e. The first kappa shape index (κ1) is 33.0. The number of rotatable bonds is 13. The quantitative estimate of drug-likeness (QED) is 0.275. The third-order valence-electron chi connectivity index (χ3n) is 6.92. The predicted octanol–water partition coefficient (Wildman–Crippen LogP) is 3.05. The van der Waals surface area contributed by atoms with Gasteiger partial charge in [0, 0.05) is 26.7 Å². The summed E-state index contributed by atoms with van der Waals surface area (Å²) >= 11 is 0. The average Bonchev–Trinajstić information content (AvgIpc) is 3.11. The van der Waals surface area contributed by atoms with Crippen molar-refractivity contribution in [2.75, 3.05) is 33.2 Å². The van der Waals surface area contributed by atoms with E-state index in [1.54, 1.807) is 0 Å². The highest BCUT2D eigenvalue weighted by molar-refractivity contribution is 7.89. The summed E-state index contributed by atoms with van der Waals surface area (Å²) in [5.41, 5.74) is -0.173. The molecule has 2 aromatic rings. The van der Waals surface area contributed by atoms with Crippen molar-refractivity contribution in [2.24, 2.45) is 5.92 Å². The van der Waals surface area contributed by atoms with Gasteiger partial charge >= 0.3 is 6.18 Å². The van der Waals surface area contributed by atoms with Gasteiger partial charge in [-0.25, -0.2) is 13.5 Å². The van der Waals surface area contributed by atoms with Gasteiger partial charge in [-0.05, 0) is 36.2 Å². The van der Waals surface area contributed by atoms with Crippen LogP contribution in [0.1, 0.15) is 37.3 Å². The van der Waals surface area contributed by atoms with Crippen molar-refractivity contribution in [2.45, 2.75) is 49.9 Å². The van der Waals surface area contributed by atoms with Crippen molar-refractivity contribution < 1.29 is 40.8 Å². The van der Waals surface area contributed by atoms with Crippen LogP contribution in [0.5, 0.6) is 0 Å². The fourth-order valence-electron chi connectivity index (χ4n) is 4.42. The molecule has 0 aromatic heterocycles. The molecule has 1 aliphatic heterocycles. The number of nitrogens with one attached hydrogen (secondary N) is 1. The second-order valence-electron chi connectivity index (χ2n) is 10.0. The highest BCUT2D eigenvalue weighted by Gasteiger charge is 2.37. The van der Waals surface area contributed by atoms with E-state index in [1.165, 1.54) is 11.9 Å². The standard InChI is InChI=1S/C28H35F3N4O6S/c1-3-4-10-22(17-34(20-36)41-19-21-8-6-5-7-9-21)26(37)32-25-18-35(16-15-33(2)27(25)38)42(39,40)24-13-11-23(12-14-24)28(29,30)31/h5-9,11-14,20,22,25H,3-4,10,15-19H2,1-2H3,(H,32,37)/t22-,25+/m1/s1. The number of unbranched alkanes of at least 4 members (excludes halogenated alkanes) is 1. The van der Waals surface area contributed by atoms with Crippen LogP contribution < -0.4 is 5.32 Å². The summed E-state index contributed by atoms with van der Waals surface area (Å²) in [7, 11) is -2.82. The summed E-state index contributed by atoms with van der Waals surface area (Å²) in [6, 6.07) is 11.0. The van der Waals surface area contributed by atoms with Crippen molar-refractivity contribution in [1.82, 2.24) is 19.6 Å². The Bertz CT molecular complexity index is 1310. The summed E-state index contributed by atoms with van der Waals surface area (Å²) in [6.07, 6.45) is -2.37. The minimum Gasteiger partial charge on any atom is -0.343 e. The first-order valence-electron chi connectivity index (χ1n) is 13.5. The Labute approximate surface area is 243 Å². The van der Waals surface area contributed by atoms with Crippen LogP contribution in [0.25, 0.3) is 0 Å². The van der Waals surface area contributed by atoms with Gasteiger partial charge in [-0.15, -0.1) is 0 Å². The van der Waals surface area contributed by atoms with Crippen molar-refractivity contribution in [3.8, 4) is 0 Å². The molecule has 230 valence electrons. The molecule has 1 aliphatic rings. The molecule has 1 N–H and O–H groups in total. The molecular formula is C28H35F3N4O6S. The van der Waals surface area contributed by atoms with Crippen LogP contribution in [0.4, 0.5) is 13.2 Å². The molecule has 14 heteroatoms. The highest BCUT2D eigenvalue weighted by atomic mass is 32.2. The normalized spacial score (nSPS) is 17.4. The first-order valence-corrected chi connectivity index (χ1v) is 14.9. The largest absolute Gasteiger partial charge is 0.416 e. The van der Waals surface area contributed by atoms with E-state index in [0.29, 0.717) is 31.4 Å². The fourth-order valence-corrected chi connectivity index (χ4v) is 5.87. The zero-order valence-electron chi connectivity index (χ0n) is 23.4. The molecule has 1 heterocycles. The minimum atomic E-state index is -4.63. The van der Waals surface area contributed by atoms with Crippen LogP contribution in [-0.4, -0.2) is 80.2 Å². The van der Waals surface area contributed by atoms with Crippen molar-refractivity contribution >= 4 is 28.2 Å². The minimum absolute atomic E-state index is 0.0105. The number of nitrogens with zero attached hydrogens (tertiary/aromatic N) is 3. The van der Waals surface area contributed by atoms with Crippen molar-refractivity contribution in [1.29, 1.82) is 0 Å². The third-order valence-corrected chi connectivity index (χ3v) is 8.80. The van der Waals surface area contributed by atoms with Gasteiger partial charge in [0.25, 0.3) is 0 Å². The summed E-state index contributed by atoms with van der Waals surface area (Å²) in [5.74, 6) is -1.83. The molecule has 0 saturated carbocycles. The highest BCUT2D eigenvalue weighted by Crippen LogP contribution is 2.30.